The van der Waals surface area contributed by atoms with Gasteiger partial charge in [0.1, 0.15) is 11.5 Å². The predicted octanol–water partition coefficient (Wildman–Crippen LogP) is 2.87. The highest BCUT2D eigenvalue weighted by Gasteiger charge is 2.19. The Bertz CT molecular complexity index is 770. The molecule has 1 N–H and O–H groups in total. The fourth-order valence-corrected chi connectivity index (χ4v) is 2.31. The number of rotatable bonds is 7. The molecule has 0 saturated carbocycles. The number of carbonyl (C=O) groups is 2. The summed E-state index contributed by atoms with van der Waals surface area (Å²) in [4.78, 5) is 24.4. The van der Waals surface area contributed by atoms with E-state index >= 15 is 0 Å². The summed E-state index contributed by atoms with van der Waals surface area (Å²) in [6, 6.07) is 12.3. The van der Waals surface area contributed by atoms with Gasteiger partial charge in [0, 0.05) is 6.54 Å². The van der Waals surface area contributed by atoms with E-state index in [2.05, 4.69) is 5.32 Å². The SMILES string of the molecule is COc1ccc(CNC(=O)[C@H](C)OC(=O)c2ccc(C)c(OC)c2)cc1. The summed E-state index contributed by atoms with van der Waals surface area (Å²) in [6.07, 6.45) is -0.909. The van der Waals surface area contributed by atoms with Crippen LogP contribution in [0.15, 0.2) is 42.5 Å². The van der Waals surface area contributed by atoms with E-state index in [1.807, 2.05) is 31.2 Å². The number of esters is 1. The van der Waals surface area contributed by atoms with Gasteiger partial charge in [0.2, 0.25) is 0 Å². The first kappa shape index (κ1) is 19.3. The van der Waals surface area contributed by atoms with E-state index in [-0.39, 0.29) is 5.91 Å². The molecule has 0 aliphatic heterocycles. The minimum Gasteiger partial charge on any atom is -0.497 e. The van der Waals surface area contributed by atoms with Crippen molar-refractivity contribution in [2.45, 2.75) is 26.5 Å². The molecule has 138 valence electrons. The van der Waals surface area contributed by atoms with Crippen LogP contribution in [0.25, 0.3) is 0 Å². The van der Waals surface area contributed by atoms with E-state index in [1.165, 1.54) is 14.0 Å². The predicted molar refractivity (Wildman–Crippen MR) is 97.4 cm³/mol. The number of ether oxygens (including phenoxy) is 3. The Labute approximate surface area is 153 Å². The molecule has 0 heterocycles. The van der Waals surface area contributed by atoms with Crippen LogP contribution in [-0.4, -0.2) is 32.2 Å². The molecule has 0 saturated heterocycles. The molecule has 0 aliphatic rings. The second-order valence-corrected chi connectivity index (χ2v) is 5.80. The molecule has 0 spiro atoms. The lowest BCUT2D eigenvalue weighted by Crippen LogP contribution is -2.35. The number of carbonyl (C=O) groups excluding carboxylic acids is 2. The summed E-state index contributed by atoms with van der Waals surface area (Å²) in [5.41, 5.74) is 2.16. The lowest BCUT2D eigenvalue weighted by atomic mass is 10.1. The van der Waals surface area contributed by atoms with Gasteiger partial charge in [0.05, 0.1) is 19.8 Å². The maximum atomic E-state index is 12.2. The summed E-state index contributed by atoms with van der Waals surface area (Å²) in [5, 5.41) is 2.74. The maximum absolute atomic E-state index is 12.2. The van der Waals surface area contributed by atoms with Crippen molar-refractivity contribution in [2.75, 3.05) is 14.2 Å². The van der Waals surface area contributed by atoms with Crippen LogP contribution in [-0.2, 0) is 16.1 Å². The molecular weight excluding hydrogens is 334 g/mol. The first-order valence-corrected chi connectivity index (χ1v) is 8.21. The van der Waals surface area contributed by atoms with Crippen LogP contribution in [0, 0.1) is 6.92 Å². The second-order valence-electron chi connectivity index (χ2n) is 5.80. The molecule has 1 atom stereocenters. The monoisotopic (exact) mass is 357 g/mol. The van der Waals surface area contributed by atoms with Crippen LogP contribution >= 0.6 is 0 Å². The van der Waals surface area contributed by atoms with Crippen LogP contribution < -0.4 is 14.8 Å². The van der Waals surface area contributed by atoms with E-state index in [1.54, 1.807) is 25.3 Å². The van der Waals surface area contributed by atoms with Gasteiger partial charge in [-0.2, -0.15) is 0 Å². The molecule has 26 heavy (non-hydrogen) atoms. The number of methoxy groups -OCH3 is 2. The quantitative estimate of drug-likeness (QED) is 0.772. The molecule has 6 heteroatoms. The third kappa shape index (κ3) is 4.99. The lowest BCUT2D eigenvalue weighted by molar-refractivity contribution is -0.129. The molecule has 2 aromatic rings. The molecule has 2 rings (SSSR count). The molecule has 0 fully saturated rings. The van der Waals surface area contributed by atoms with Crippen LogP contribution in [0.3, 0.4) is 0 Å². The standard InChI is InChI=1S/C20H23NO5/c1-13-5-8-16(11-18(13)25-4)20(23)26-14(2)19(22)21-12-15-6-9-17(24-3)10-7-15/h5-11,14H,12H2,1-4H3,(H,21,22)/t14-/m0/s1. The Kier molecular flexibility index (Phi) is 6.60. The van der Waals surface area contributed by atoms with Gasteiger partial charge in [-0.05, 0) is 49.2 Å². The number of amides is 1. The number of hydrogen-bond donors (Lipinski definition) is 1. The highest BCUT2D eigenvalue weighted by atomic mass is 16.5. The van der Waals surface area contributed by atoms with Gasteiger partial charge in [-0.1, -0.05) is 18.2 Å². The lowest BCUT2D eigenvalue weighted by Gasteiger charge is -2.14. The van der Waals surface area contributed by atoms with Gasteiger partial charge in [-0.3, -0.25) is 4.79 Å². The highest BCUT2D eigenvalue weighted by Crippen LogP contribution is 2.19. The average molecular weight is 357 g/mol. The molecule has 2 aromatic carbocycles. The third-order valence-corrected chi connectivity index (χ3v) is 3.92. The Balaban J connectivity index is 1.90. The average Bonchev–Trinajstić information content (AvgIpc) is 2.66. The van der Waals surface area contributed by atoms with Gasteiger partial charge in [-0.25, -0.2) is 4.79 Å². The van der Waals surface area contributed by atoms with Crippen LogP contribution in [0.4, 0.5) is 0 Å². The van der Waals surface area contributed by atoms with E-state index in [9.17, 15) is 9.59 Å². The zero-order valence-electron chi connectivity index (χ0n) is 15.4. The molecule has 0 aromatic heterocycles. The largest absolute Gasteiger partial charge is 0.497 e. The first-order valence-electron chi connectivity index (χ1n) is 8.21. The van der Waals surface area contributed by atoms with E-state index in [4.69, 9.17) is 14.2 Å². The van der Waals surface area contributed by atoms with Crippen molar-refractivity contribution in [3.05, 3.63) is 59.2 Å². The summed E-state index contributed by atoms with van der Waals surface area (Å²) < 4.78 is 15.5. The van der Waals surface area contributed by atoms with E-state index in [0.717, 1.165) is 16.9 Å². The van der Waals surface area contributed by atoms with Crippen molar-refractivity contribution in [3.8, 4) is 11.5 Å². The molecule has 6 nitrogen and oxygen atoms in total. The van der Waals surface area contributed by atoms with E-state index < -0.39 is 12.1 Å². The van der Waals surface area contributed by atoms with Crippen molar-refractivity contribution in [1.29, 1.82) is 0 Å². The molecule has 0 radical (unpaired) electrons. The minimum atomic E-state index is -0.909. The second kappa shape index (κ2) is 8.89. The van der Waals surface area contributed by atoms with Crippen LogP contribution in [0.1, 0.15) is 28.4 Å². The first-order chi connectivity index (χ1) is 12.4. The molecule has 0 aliphatic carbocycles. The number of aryl methyl sites for hydroxylation is 1. The summed E-state index contributed by atoms with van der Waals surface area (Å²) in [7, 11) is 3.13. The number of hydrogen-bond acceptors (Lipinski definition) is 5. The Hall–Kier alpha value is -3.02. The van der Waals surface area contributed by atoms with Crippen molar-refractivity contribution in [1.82, 2.24) is 5.32 Å². The van der Waals surface area contributed by atoms with Gasteiger partial charge in [0.15, 0.2) is 6.10 Å². The molecule has 1 amide bonds. The third-order valence-electron chi connectivity index (χ3n) is 3.92. The van der Waals surface area contributed by atoms with E-state index in [0.29, 0.717) is 17.9 Å². The van der Waals surface area contributed by atoms with Gasteiger partial charge in [-0.15, -0.1) is 0 Å². The van der Waals surface area contributed by atoms with Crippen molar-refractivity contribution in [3.63, 3.8) is 0 Å². The van der Waals surface area contributed by atoms with Gasteiger partial charge in [0.25, 0.3) is 5.91 Å². The van der Waals surface area contributed by atoms with Crippen molar-refractivity contribution in [2.24, 2.45) is 0 Å². The smallest absolute Gasteiger partial charge is 0.339 e. The van der Waals surface area contributed by atoms with Crippen LogP contribution in [0.5, 0.6) is 11.5 Å². The fourth-order valence-electron chi connectivity index (χ4n) is 2.31. The minimum absolute atomic E-state index is 0.335. The summed E-state index contributed by atoms with van der Waals surface area (Å²) in [6.45, 7) is 3.75. The zero-order valence-corrected chi connectivity index (χ0v) is 15.4. The Morgan fingerprint density at radius 3 is 2.35 bits per heavy atom. The molecule has 0 unspecified atom stereocenters. The molecular formula is C20H23NO5. The highest BCUT2D eigenvalue weighted by molar-refractivity contribution is 5.92. The fraction of sp³-hybridized carbons (Fsp3) is 0.300. The maximum Gasteiger partial charge on any atom is 0.339 e. The van der Waals surface area contributed by atoms with Crippen molar-refractivity contribution >= 4 is 11.9 Å². The van der Waals surface area contributed by atoms with Crippen LogP contribution in [0.2, 0.25) is 0 Å². The van der Waals surface area contributed by atoms with Gasteiger partial charge < -0.3 is 19.5 Å². The zero-order chi connectivity index (χ0) is 19.1. The summed E-state index contributed by atoms with van der Waals surface area (Å²) >= 11 is 0. The topological polar surface area (TPSA) is 73.9 Å². The molecule has 0 bridgehead atoms. The normalized spacial score (nSPS) is 11.4. The van der Waals surface area contributed by atoms with Gasteiger partial charge >= 0.3 is 5.97 Å². The Morgan fingerprint density at radius 2 is 1.73 bits per heavy atom. The van der Waals surface area contributed by atoms with Crippen molar-refractivity contribution < 1.29 is 23.8 Å². The number of nitrogens with one attached hydrogen (secondary N) is 1. The summed E-state index contributed by atoms with van der Waals surface area (Å²) in [5.74, 6) is 0.399. The number of benzene rings is 2. The Morgan fingerprint density at radius 1 is 1.04 bits per heavy atom.